The van der Waals surface area contributed by atoms with Gasteiger partial charge in [0, 0.05) is 18.3 Å². The number of halogens is 4. The lowest BCUT2D eigenvalue weighted by Gasteiger charge is -2.13. The normalized spacial score (nSPS) is 10.9. The molecular weight excluding hydrogens is 476 g/mol. The molecule has 2 N–H and O–H groups in total. The average Bonchev–Trinajstić information content (AvgIpc) is 3.27. The highest BCUT2D eigenvalue weighted by Gasteiger charge is 2.30. The van der Waals surface area contributed by atoms with Crippen molar-refractivity contribution in [3.05, 3.63) is 77.0 Å². The lowest BCUT2D eigenvalue weighted by atomic mass is 10.1. The van der Waals surface area contributed by atoms with Gasteiger partial charge in [-0.15, -0.1) is 0 Å². The van der Waals surface area contributed by atoms with Gasteiger partial charge in [-0.3, -0.25) is 10.1 Å². The van der Waals surface area contributed by atoms with Gasteiger partial charge >= 0.3 is 0 Å². The summed E-state index contributed by atoms with van der Waals surface area (Å²) in [6.45, 7) is 0.130. The van der Waals surface area contributed by atoms with E-state index in [9.17, 15) is 22.4 Å². The van der Waals surface area contributed by atoms with Gasteiger partial charge in [-0.2, -0.15) is 13.8 Å². The lowest BCUT2D eigenvalue weighted by molar-refractivity contribution is 0.0965. The minimum atomic E-state index is -1.90. The smallest absolute Gasteiger partial charge is 0.263 e. The number of hydrogen-bond acceptors (Lipinski definition) is 6. The predicted octanol–water partition coefficient (Wildman–Crippen LogP) is 4.26. The predicted molar refractivity (Wildman–Crippen MR) is 117 cm³/mol. The summed E-state index contributed by atoms with van der Waals surface area (Å²) < 4.78 is 65.8. The van der Waals surface area contributed by atoms with Crippen molar-refractivity contribution in [3.63, 3.8) is 0 Å². The Morgan fingerprint density at radius 3 is 2.35 bits per heavy atom. The van der Waals surface area contributed by atoms with E-state index < -0.39 is 40.5 Å². The van der Waals surface area contributed by atoms with E-state index in [-0.39, 0.29) is 11.7 Å². The van der Waals surface area contributed by atoms with Gasteiger partial charge in [0.2, 0.25) is 17.5 Å². The molecule has 0 fully saturated rings. The van der Waals surface area contributed by atoms with E-state index in [1.807, 2.05) is 5.32 Å². The number of hydrogen-bond donors (Lipinski definition) is 2. The highest BCUT2D eigenvalue weighted by Crippen LogP contribution is 2.29. The van der Waals surface area contributed by atoms with Crippen LogP contribution in [-0.2, 0) is 6.54 Å². The van der Waals surface area contributed by atoms with Crippen LogP contribution in [0.2, 0.25) is 0 Å². The van der Waals surface area contributed by atoms with Crippen LogP contribution in [-0.4, -0.2) is 28.1 Å². The van der Waals surface area contributed by atoms with Crippen LogP contribution in [0.5, 0.6) is 5.75 Å². The van der Waals surface area contributed by atoms with Crippen LogP contribution in [0.25, 0.3) is 22.7 Å². The van der Waals surface area contributed by atoms with Crippen molar-refractivity contribution in [2.75, 3.05) is 7.11 Å². The zero-order chi connectivity index (χ0) is 24.4. The van der Waals surface area contributed by atoms with Crippen LogP contribution < -0.4 is 15.4 Å². The summed E-state index contributed by atoms with van der Waals surface area (Å²) >= 11 is 4.94. The summed E-state index contributed by atoms with van der Waals surface area (Å²) in [5, 5.41) is 4.34. The van der Waals surface area contributed by atoms with E-state index in [2.05, 4.69) is 20.0 Å². The van der Waals surface area contributed by atoms with E-state index in [4.69, 9.17) is 16.6 Å². The maximum absolute atomic E-state index is 14.1. The minimum Gasteiger partial charge on any atom is -0.491 e. The molecule has 4 aromatic rings. The fourth-order valence-electron chi connectivity index (χ4n) is 3.04. The molecule has 0 bridgehead atoms. The lowest BCUT2D eigenvalue weighted by Crippen LogP contribution is -2.39. The van der Waals surface area contributed by atoms with Gasteiger partial charge in [0.05, 0.1) is 7.11 Å². The molecule has 34 heavy (non-hydrogen) atoms. The van der Waals surface area contributed by atoms with Crippen LogP contribution in [0.1, 0.15) is 15.9 Å². The number of carbonyl (C=O) groups excluding carboxylic acids is 1. The van der Waals surface area contributed by atoms with Crippen LogP contribution >= 0.6 is 12.2 Å². The molecule has 0 saturated heterocycles. The first kappa shape index (κ1) is 23.1. The number of thiocarbonyl (C=S) groups is 1. The molecule has 1 amide bonds. The van der Waals surface area contributed by atoms with Crippen molar-refractivity contribution in [1.29, 1.82) is 0 Å². The van der Waals surface area contributed by atoms with Gasteiger partial charge in [0.1, 0.15) is 5.56 Å². The zero-order valence-electron chi connectivity index (χ0n) is 17.3. The maximum Gasteiger partial charge on any atom is 0.263 e. The van der Waals surface area contributed by atoms with Gasteiger partial charge in [0.15, 0.2) is 33.7 Å². The number of pyridine rings is 1. The summed E-state index contributed by atoms with van der Waals surface area (Å²) in [6.07, 6.45) is 1.61. The number of fused-ring (bicyclic) bond motifs is 1. The Hall–Kier alpha value is -4.06. The molecule has 12 heteroatoms. The van der Waals surface area contributed by atoms with Gasteiger partial charge in [-0.05, 0) is 42.0 Å². The Balaban J connectivity index is 1.40. The fraction of sp³-hybridized carbons (Fsp3) is 0.0909. The highest BCUT2D eigenvalue weighted by molar-refractivity contribution is 7.80. The molecule has 2 heterocycles. The second kappa shape index (κ2) is 9.43. The van der Waals surface area contributed by atoms with Crippen molar-refractivity contribution in [2.24, 2.45) is 0 Å². The SMILES string of the molecule is COc1c(F)c(F)c(C(=O)NC(=S)NCc2ccc(-c3nc4ncccc4o3)cc2)c(F)c1F. The average molecular weight is 490 g/mol. The molecule has 4 rings (SSSR count). The molecular formula is C22H14F4N4O3S. The Morgan fingerprint density at radius 1 is 1.06 bits per heavy atom. The molecule has 0 aliphatic rings. The highest BCUT2D eigenvalue weighted by atomic mass is 32.1. The Kier molecular flexibility index (Phi) is 6.41. The molecule has 2 aromatic carbocycles. The number of rotatable bonds is 5. The summed E-state index contributed by atoms with van der Waals surface area (Å²) in [7, 11) is 0.829. The Labute approximate surface area is 194 Å². The van der Waals surface area contributed by atoms with Crippen molar-refractivity contribution in [3.8, 4) is 17.2 Å². The van der Waals surface area contributed by atoms with Crippen molar-refractivity contribution < 1.29 is 31.5 Å². The first-order valence-electron chi connectivity index (χ1n) is 9.60. The molecule has 0 saturated carbocycles. The van der Waals surface area contributed by atoms with E-state index >= 15 is 0 Å². The minimum absolute atomic E-state index is 0.130. The monoisotopic (exact) mass is 490 g/mol. The number of oxazole rings is 1. The summed E-state index contributed by atoms with van der Waals surface area (Å²) in [5.41, 5.74) is 1.00. The number of benzene rings is 2. The summed E-state index contributed by atoms with van der Waals surface area (Å²) in [4.78, 5) is 20.6. The number of nitrogens with one attached hydrogen (secondary N) is 2. The van der Waals surface area contributed by atoms with Crippen LogP contribution in [0.3, 0.4) is 0 Å². The van der Waals surface area contributed by atoms with Crippen LogP contribution in [0.4, 0.5) is 17.6 Å². The quantitative estimate of drug-likeness (QED) is 0.246. The molecule has 7 nitrogen and oxygen atoms in total. The van der Waals surface area contributed by atoms with E-state index in [0.29, 0.717) is 22.7 Å². The first-order chi connectivity index (χ1) is 16.3. The van der Waals surface area contributed by atoms with Gasteiger partial charge in [0.25, 0.3) is 5.91 Å². The standard InChI is InChI=1S/C22H14F4N4O3S/c1-32-18-16(25)14(23)13(15(24)17(18)26)20(31)30-22(34)28-9-10-4-6-11(7-5-10)21-29-19-12(33-21)3-2-8-27-19/h2-8H,9H2,1H3,(H2,28,30,31,34). The summed E-state index contributed by atoms with van der Waals surface area (Å²) in [5.74, 6) is -9.82. The zero-order valence-corrected chi connectivity index (χ0v) is 18.1. The number of ether oxygens (including phenoxy) is 1. The first-order valence-corrected chi connectivity index (χ1v) is 10.0. The second-order valence-corrected chi connectivity index (χ2v) is 7.25. The van der Waals surface area contributed by atoms with Crippen molar-refractivity contribution in [2.45, 2.75) is 6.54 Å². The third-order valence-electron chi connectivity index (χ3n) is 4.70. The topological polar surface area (TPSA) is 89.3 Å². The number of nitrogens with zero attached hydrogens (tertiary/aromatic N) is 2. The largest absolute Gasteiger partial charge is 0.491 e. The molecule has 0 spiro atoms. The third kappa shape index (κ3) is 4.39. The van der Waals surface area contributed by atoms with Crippen LogP contribution in [0, 0.1) is 23.3 Å². The molecule has 0 aliphatic heterocycles. The van der Waals surface area contributed by atoms with Gasteiger partial charge in [-0.25, -0.2) is 13.8 Å². The molecule has 0 unspecified atom stereocenters. The van der Waals surface area contributed by atoms with Crippen LogP contribution in [0.15, 0.2) is 47.0 Å². The van der Waals surface area contributed by atoms with Gasteiger partial charge < -0.3 is 14.5 Å². The Bertz CT molecular complexity index is 1350. The molecule has 0 radical (unpaired) electrons. The third-order valence-corrected chi connectivity index (χ3v) is 4.95. The van der Waals surface area contributed by atoms with Gasteiger partial charge in [-0.1, -0.05) is 12.1 Å². The molecule has 0 atom stereocenters. The summed E-state index contributed by atoms with van der Waals surface area (Å²) in [6, 6.07) is 10.5. The molecule has 174 valence electrons. The number of aromatic nitrogens is 2. The number of methoxy groups -OCH3 is 1. The maximum atomic E-state index is 14.1. The second-order valence-electron chi connectivity index (χ2n) is 6.84. The Morgan fingerprint density at radius 2 is 1.74 bits per heavy atom. The van der Waals surface area contributed by atoms with E-state index in [1.165, 1.54) is 0 Å². The number of carbonyl (C=O) groups is 1. The molecule has 2 aromatic heterocycles. The fourth-order valence-corrected chi connectivity index (χ4v) is 3.20. The number of amides is 1. The van der Waals surface area contributed by atoms with E-state index in [1.54, 1.807) is 42.6 Å². The van der Waals surface area contributed by atoms with Crippen molar-refractivity contribution in [1.82, 2.24) is 20.6 Å². The van der Waals surface area contributed by atoms with Crippen molar-refractivity contribution >= 4 is 34.5 Å². The molecule has 0 aliphatic carbocycles. The van der Waals surface area contributed by atoms with E-state index in [0.717, 1.165) is 12.7 Å².